The molecule has 1 amide bonds. The lowest BCUT2D eigenvalue weighted by Gasteiger charge is -2.39. The van der Waals surface area contributed by atoms with Crippen molar-refractivity contribution >= 4 is 29.1 Å². The van der Waals surface area contributed by atoms with Gasteiger partial charge < -0.3 is 20.3 Å². The maximum Gasteiger partial charge on any atom is 0.394 e. The number of halogens is 6. The fourth-order valence-electron chi connectivity index (χ4n) is 4.65. The van der Waals surface area contributed by atoms with Crippen LogP contribution in [0.25, 0.3) is 11.3 Å². The number of aliphatic hydroxyl groups excluding tert-OH is 1. The molecule has 1 aliphatic rings. The van der Waals surface area contributed by atoms with E-state index < -0.39 is 59.6 Å². The summed E-state index contributed by atoms with van der Waals surface area (Å²) in [7, 11) is 0. The van der Waals surface area contributed by atoms with Gasteiger partial charge in [0.1, 0.15) is 11.4 Å². The predicted octanol–water partition coefficient (Wildman–Crippen LogP) is 4.93. The number of benzene rings is 1. The third-order valence-electron chi connectivity index (χ3n) is 7.21. The Morgan fingerprint density at radius 2 is 1.93 bits per heavy atom. The van der Waals surface area contributed by atoms with Gasteiger partial charge in [-0.1, -0.05) is 38.4 Å². The smallest absolute Gasteiger partial charge is 0.394 e. The molecule has 0 saturated heterocycles. The molecule has 0 bridgehead atoms. The van der Waals surface area contributed by atoms with Gasteiger partial charge in [0.05, 0.1) is 22.2 Å². The number of alkyl halides is 5. The monoisotopic (exact) mass is 645 g/mol. The molecule has 0 aliphatic heterocycles. The van der Waals surface area contributed by atoms with Gasteiger partial charge in [0.2, 0.25) is 0 Å². The van der Waals surface area contributed by atoms with Gasteiger partial charge >= 0.3 is 24.4 Å². The number of amides is 1. The summed E-state index contributed by atoms with van der Waals surface area (Å²) in [5.41, 5.74) is -3.71. The second-order valence-corrected chi connectivity index (χ2v) is 11.4. The number of rotatable bonds is 9. The van der Waals surface area contributed by atoms with Crippen molar-refractivity contribution in [3.05, 3.63) is 34.5 Å². The minimum Gasteiger partial charge on any atom is -0.434 e. The first kappa shape index (κ1) is 35.6. The number of carbonyl (C=O) groups excluding carboxylic acids is 1. The lowest BCUT2D eigenvalue weighted by Crippen LogP contribution is -2.54. The van der Waals surface area contributed by atoms with Gasteiger partial charge in [0, 0.05) is 18.7 Å². The van der Waals surface area contributed by atoms with E-state index in [2.05, 4.69) is 15.2 Å². The van der Waals surface area contributed by atoms with Crippen LogP contribution in [0.5, 0.6) is 5.75 Å². The number of nitrogens with zero attached hydrogens (tertiary/aromatic N) is 2. The molecule has 16 heteroatoms. The fraction of sp³-hybridized carbons (Fsp3) is 0.615. The number of hydrogen-bond acceptors (Lipinski definition) is 7. The summed E-state index contributed by atoms with van der Waals surface area (Å²) >= 11 is 5.76. The average Bonchev–Trinajstić information content (AvgIpc) is 3.21. The van der Waals surface area contributed by atoms with Gasteiger partial charge in [-0.15, -0.1) is 0 Å². The van der Waals surface area contributed by atoms with Crippen LogP contribution in [-0.4, -0.2) is 65.4 Å². The summed E-state index contributed by atoms with van der Waals surface area (Å²) in [6.45, 7) is 2.27. The van der Waals surface area contributed by atoms with Gasteiger partial charge in [-0.2, -0.15) is 35.5 Å². The van der Waals surface area contributed by atoms with Gasteiger partial charge in [-0.25, -0.2) is 0 Å². The maximum absolute atomic E-state index is 13.4. The van der Waals surface area contributed by atoms with E-state index >= 15 is 0 Å². The second-order valence-electron chi connectivity index (χ2n) is 10.8. The van der Waals surface area contributed by atoms with Crippen LogP contribution >= 0.6 is 11.6 Å². The van der Waals surface area contributed by atoms with Crippen LogP contribution in [0.2, 0.25) is 5.02 Å². The number of nitrogens with one attached hydrogen (secondary N) is 1. The van der Waals surface area contributed by atoms with Crippen molar-refractivity contribution in [2.75, 3.05) is 6.54 Å². The SMILES string of the molecule is CCn1nc(C(=O)NC[C@]2(O)CC[C@@H](C)C[C@H]2O)c(Cl)c1-c1ccc(CC(C)(C)C(F)(F)F)cc1OC(F)F.O=S=O. The molecule has 0 unspecified atom stereocenters. The molecule has 3 N–H and O–H groups in total. The Labute approximate surface area is 248 Å². The van der Waals surface area contributed by atoms with Gasteiger partial charge in [0.25, 0.3) is 5.91 Å². The standard InChI is InChI=1S/C26H33ClF5N3O4.O2S/c1-5-35-21(16-7-6-15(11-17(16)39-23(28)29)12-24(3,4)26(30,31)32)19(27)20(34-35)22(37)33-13-25(38)9-8-14(2)10-18(25)36;1-3-2/h6-7,11,14,18,23,36,38H,5,8-10,12-13H2,1-4H3,(H,33,37);/t14-,18-,25-;/m1./s1. The number of aryl methyl sites for hydroxylation is 1. The van der Waals surface area contributed by atoms with E-state index in [4.69, 9.17) is 20.0 Å². The molecule has 42 heavy (non-hydrogen) atoms. The van der Waals surface area contributed by atoms with E-state index in [1.807, 2.05) is 6.92 Å². The average molecular weight is 646 g/mol. The normalized spacial score (nSPS) is 21.0. The van der Waals surface area contributed by atoms with Crippen molar-refractivity contribution in [1.82, 2.24) is 15.1 Å². The number of hydrogen-bond donors (Lipinski definition) is 3. The topological polar surface area (TPSA) is 131 Å². The van der Waals surface area contributed by atoms with Crippen molar-refractivity contribution in [2.45, 2.75) is 84.4 Å². The van der Waals surface area contributed by atoms with E-state index in [0.29, 0.717) is 12.8 Å². The Hall–Kier alpha value is -2.62. The molecule has 0 radical (unpaired) electrons. The lowest BCUT2D eigenvalue weighted by molar-refractivity contribution is -0.211. The Kier molecular flexibility index (Phi) is 12.1. The molecular weight excluding hydrogens is 613 g/mol. The molecule has 1 fully saturated rings. The highest BCUT2D eigenvalue weighted by atomic mass is 35.5. The van der Waals surface area contributed by atoms with Crippen LogP contribution in [-0.2, 0) is 24.5 Å². The molecular formula is C26H33ClF5N3O6S. The van der Waals surface area contributed by atoms with Gasteiger partial charge in [-0.05, 0) is 56.2 Å². The third kappa shape index (κ3) is 8.48. The van der Waals surface area contributed by atoms with Crippen molar-refractivity contribution in [3.63, 3.8) is 0 Å². The molecule has 1 heterocycles. The van der Waals surface area contributed by atoms with E-state index in [0.717, 1.165) is 19.9 Å². The molecule has 9 nitrogen and oxygen atoms in total. The van der Waals surface area contributed by atoms with Crippen molar-refractivity contribution in [1.29, 1.82) is 0 Å². The minimum absolute atomic E-state index is 0.0117. The van der Waals surface area contributed by atoms with E-state index in [-0.39, 0.29) is 53.0 Å². The first-order valence-electron chi connectivity index (χ1n) is 12.9. The summed E-state index contributed by atoms with van der Waals surface area (Å²) < 4.78 is 89.3. The minimum atomic E-state index is -4.53. The zero-order chi connectivity index (χ0) is 32.0. The summed E-state index contributed by atoms with van der Waals surface area (Å²) in [5, 5.41) is 27.7. The molecule has 1 aliphatic carbocycles. The Bertz CT molecular complexity index is 1290. The zero-order valence-electron chi connectivity index (χ0n) is 23.3. The first-order valence-corrected chi connectivity index (χ1v) is 14.0. The highest BCUT2D eigenvalue weighted by Gasteiger charge is 2.47. The van der Waals surface area contributed by atoms with Crippen LogP contribution < -0.4 is 10.1 Å². The van der Waals surface area contributed by atoms with Crippen LogP contribution in [0.1, 0.15) is 63.0 Å². The zero-order valence-corrected chi connectivity index (χ0v) is 24.9. The second kappa shape index (κ2) is 14.2. The van der Waals surface area contributed by atoms with E-state index in [1.54, 1.807) is 6.92 Å². The lowest BCUT2D eigenvalue weighted by atomic mass is 9.77. The van der Waals surface area contributed by atoms with Crippen LogP contribution in [0.15, 0.2) is 18.2 Å². The van der Waals surface area contributed by atoms with Crippen molar-refractivity contribution in [3.8, 4) is 17.0 Å². The number of carbonyl (C=O) groups is 1. The molecule has 3 rings (SSSR count). The Morgan fingerprint density at radius 1 is 1.31 bits per heavy atom. The number of aromatic nitrogens is 2. The molecule has 236 valence electrons. The highest BCUT2D eigenvalue weighted by molar-refractivity contribution is 7.51. The first-order chi connectivity index (χ1) is 19.4. The molecule has 1 aromatic carbocycles. The van der Waals surface area contributed by atoms with Crippen molar-refractivity contribution < 1.29 is 50.1 Å². The summed E-state index contributed by atoms with van der Waals surface area (Å²) in [6, 6.07) is 3.75. The molecule has 0 spiro atoms. The molecule has 1 saturated carbocycles. The van der Waals surface area contributed by atoms with Crippen LogP contribution in [0.4, 0.5) is 22.0 Å². The Balaban J connectivity index is 0.00000197. The Morgan fingerprint density at radius 3 is 2.45 bits per heavy atom. The summed E-state index contributed by atoms with van der Waals surface area (Å²) in [5.74, 6) is -0.950. The highest BCUT2D eigenvalue weighted by Crippen LogP contribution is 2.43. The van der Waals surface area contributed by atoms with E-state index in [1.165, 1.54) is 16.8 Å². The molecule has 3 atom stereocenters. The van der Waals surface area contributed by atoms with Gasteiger partial charge in [-0.3, -0.25) is 9.48 Å². The fourth-order valence-corrected chi connectivity index (χ4v) is 4.98. The maximum atomic E-state index is 13.4. The number of aliphatic hydroxyl groups is 2. The number of ether oxygens (including phenoxy) is 1. The van der Waals surface area contributed by atoms with Crippen LogP contribution in [0, 0.1) is 11.3 Å². The summed E-state index contributed by atoms with van der Waals surface area (Å²) in [6.07, 6.45) is -4.72. The molecule has 1 aromatic heterocycles. The van der Waals surface area contributed by atoms with Gasteiger partial charge in [0.15, 0.2) is 5.69 Å². The largest absolute Gasteiger partial charge is 0.434 e. The van der Waals surface area contributed by atoms with Crippen molar-refractivity contribution in [2.24, 2.45) is 11.3 Å². The quantitative estimate of drug-likeness (QED) is 0.330. The predicted molar refractivity (Wildman–Crippen MR) is 144 cm³/mol. The van der Waals surface area contributed by atoms with Crippen LogP contribution in [0.3, 0.4) is 0 Å². The molecule has 2 aromatic rings. The third-order valence-corrected chi connectivity index (χ3v) is 7.57. The van der Waals surface area contributed by atoms with E-state index in [9.17, 15) is 37.0 Å². The summed E-state index contributed by atoms with van der Waals surface area (Å²) in [4.78, 5) is 13.0.